The van der Waals surface area contributed by atoms with E-state index in [1.807, 2.05) is 0 Å². The molecule has 0 fully saturated rings. The number of halogens is 1. The Morgan fingerprint density at radius 1 is 1.56 bits per heavy atom. The second kappa shape index (κ2) is 4.40. The minimum atomic E-state index is -0.476. The highest BCUT2D eigenvalue weighted by Crippen LogP contribution is 2.42. The van der Waals surface area contributed by atoms with E-state index in [1.165, 1.54) is 13.2 Å². The molecule has 4 nitrogen and oxygen atoms in total. The highest BCUT2D eigenvalue weighted by Gasteiger charge is 2.23. The van der Waals surface area contributed by atoms with Gasteiger partial charge < -0.3 is 19.9 Å². The molecule has 0 atom stereocenters. The van der Waals surface area contributed by atoms with Gasteiger partial charge in [-0.1, -0.05) is 12.2 Å². The summed E-state index contributed by atoms with van der Waals surface area (Å²) in [5, 5.41) is 0. The summed E-state index contributed by atoms with van der Waals surface area (Å²) in [4.78, 5) is 0. The Bertz CT molecular complexity index is 431. The van der Waals surface area contributed by atoms with E-state index in [-0.39, 0.29) is 12.5 Å². The average molecular weight is 225 g/mol. The number of benzene rings is 1. The van der Waals surface area contributed by atoms with Gasteiger partial charge >= 0.3 is 0 Å². The summed E-state index contributed by atoms with van der Waals surface area (Å²) in [7, 11) is 1.40. The molecule has 0 saturated carbocycles. The van der Waals surface area contributed by atoms with Crippen molar-refractivity contribution in [1.29, 1.82) is 0 Å². The molecule has 1 heterocycles. The van der Waals surface area contributed by atoms with Gasteiger partial charge in [-0.25, -0.2) is 4.39 Å². The lowest BCUT2D eigenvalue weighted by molar-refractivity contribution is 0.173. The number of rotatable bonds is 3. The van der Waals surface area contributed by atoms with Gasteiger partial charge in [0.15, 0.2) is 23.1 Å². The van der Waals surface area contributed by atoms with E-state index in [0.29, 0.717) is 23.6 Å². The van der Waals surface area contributed by atoms with Crippen LogP contribution < -0.4 is 19.9 Å². The Balaban J connectivity index is 2.55. The van der Waals surface area contributed by atoms with E-state index in [1.54, 1.807) is 12.2 Å². The Labute approximate surface area is 92.4 Å². The van der Waals surface area contributed by atoms with Crippen LogP contribution in [0.1, 0.15) is 5.56 Å². The predicted molar refractivity (Wildman–Crippen MR) is 57.2 cm³/mol. The molecular formula is C11H12FNO3. The van der Waals surface area contributed by atoms with Gasteiger partial charge in [0.25, 0.3) is 0 Å². The lowest BCUT2D eigenvalue weighted by Gasteiger charge is -2.07. The molecule has 16 heavy (non-hydrogen) atoms. The third-order valence-corrected chi connectivity index (χ3v) is 2.24. The molecule has 1 aliphatic heterocycles. The molecule has 0 unspecified atom stereocenters. The van der Waals surface area contributed by atoms with Crippen molar-refractivity contribution in [2.75, 3.05) is 20.4 Å². The zero-order chi connectivity index (χ0) is 11.5. The van der Waals surface area contributed by atoms with Crippen LogP contribution in [-0.4, -0.2) is 20.4 Å². The van der Waals surface area contributed by atoms with Crippen LogP contribution in [0.3, 0.4) is 0 Å². The first kappa shape index (κ1) is 10.8. The summed E-state index contributed by atoms with van der Waals surface area (Å²) >= 11 is 0. The summed E-state index contributed by atoms with van der Waals surface area (Å²) in [5.74, 6) is 0.523. The maximum Gasteiger partial charge on any atom is 0.231 e. The fourth-order valence-electron chi connectivity index (χ4n) is 1.50. The predicted octanol–water partition coefficient (Wildman–Crippen LogP) is 1.53. The monoisotopic (exact) mass is 225 g/mol. The standard InChI is InChI=1S/C11H12FNO3/c1-14-8-5-9-11(16-6-15-9)7(10(8)12)3-2-4-13/h2-3,5H,4,6,13H2,1H3/b3-2+. The minimum Gasteiger partial charge on any atom is -0.494 e. The fourth-order valence-corrected chi connectivity index (χ4v) is 1.50. The van der Waals surface area contributed by atoms with E-state index in [2.05, 4.69) is 0 Å². The molecule has 2 N–H and O–H groups in total. The lowest BCUT2D eigenvalue weighted by atomic mass is 10.1. The van der Waals surface area contributed by atoms with Gasteiger partial charge in [-0.2, -0.15) is 0 Å². The summed E-state index contributed by atoms with van der Waals surface area (Å²) < 4.78 is 29.2. The van der Waals surface area contributed by atoms with Crippen molar-refractivity contribution in [2.24, 2.45) is 5.73 Å². The first-order chi connectivity index (χ1) is 7.77. The van der Waals surface area contributed by atoms with Crippen LogP contribution in [0.2, 0.25) is 0 Å². The van der Waals surface area contributed by atoms with E-state index < -0.39 is 5.82 Å². The average Bonchev–Trinajstić information content (AvgIpc) is 2.75. The van der Waals surface area contributed by atoms with Crippen LogP contribution >= 0.6 is 0 Å². The van der Waals surface area contributed by atoms with Crippen LogP contribution in [0.4, 0.5) is 4.39 Å². The number of hydrogen-bond donors (Lipinski definition) is 1. The van der Waals surface area contributed by atoms with Crippen molar-refractivity contribution in [3.05, 3.63) is 23.5 Å². The van der Waals surface area contributed by atoms with Crippen molar-refractivity contribution in [2.45, 2.75) is 0 Å². The summed E-state index contributed by atoms with van der Waals surface area (Å²) in [6, 6.07) is 1.47. The molecule has 0 spiro atoms. The zero-order valence-corrected chi connectivity index (χ0v) is 8.83. The first-order valence-electron chi connectivity index (χ1n) is 4.80. The Kier molecular flexibility index (Phi) is 2.96. The number of fused-ring (bicyclic) bond motifs is 1. The zero-order valence-electron chi connectivity index (χ0n) is 8.83. The quantitative estimate of drug-likeness (QED) is 0.847. The summed E-state index contributed by atoms with van der Waals surface area (Å²) in [5.41, 5.74) is 5.63. The van der Waals surface area contributed by atoms with E-state index in [4.69, 9.17) is 19.9 Å². The van der Waals surface area contributed by atoms with Gasteiger partial charge in [-0.15, -0.1) is 0 Å². The number of nitrogens with two attached hydrogens (primary N) is 1. The van der Waals surface area contributed by atoms with Crippen molar-refractivity contribution in [3.63, 3.8) is 0 Å². The molecule has 0 aliphatic carbocycles. The van der Waals surface area contributed by atoms with Gasteiger partial charge in [-0.05, 0) is 0 Å². The van der Waals surface area contributed by atoms with E-state index >= 15 is 0 Å². The second-order valence-corrected chi connectivity index (χ2v) is 3.18. The molecule has 1 aromatic carbocycles. The van der Waals surface area contributed by atoms with Crippen LogP contribution in [0.15, 0.2) is 12.1 Å². The number of hydrogen-bond acceptors (Lipinski definition) is 4. The van der Waals surface area contributed by atoms with Crippen molar-refractivity contribution in [1.82, 2.24) is 0 Å². The van der Waals surface area contributed by atoms with Gasteiger partial charge in [0.1, 0.15) is 0 Å². The van der Waals surface area contributed by atoms with Crippen LogP contribution in [0, 0.1) is 5.82 Å². The molecule has 0 saturated heterocycles. The van der Waals surface area contributed by atoms with Gasteiger partial charge in [0.05, 0.1) is 12.7 Å². The molecule has 0 amide bonds. The molecule has 5 heteroatoms. The maximum atomic E-state index is 13.9. The topological polar surface area (TPSA) is 53.7 Å². The van der Waals surface area contributed by atoms with E-state index in [9.17, 15) is 4.39 Å². The van der Waals surface area contributed by atoms with Crippen molar-refractivity contribution < 1.29 is 18.6 Å². The number of ether oxygens (including phenoxy) is 3. The minimum absolute atomic E-state index is 0.0887. The van der Waals surface area contributed by atoms with Gasteiger partial charge in [0.2, 0.25) is 6.79 Å². The Morgan fingerprint density at radius 2 is 2.38 bits per heavy atom. The Morgan fingerprint density at radius 3 is 3.06 bits per heavy atom. The first-order valence-corrected chi connectivity index (χ1v) is 4.80. The van der Waals surface area contributed by atoms with Crippen LogP contribution in [-0.2, 0) is 0 Å². The summed E-state index contributed by atoms with van der Waals surface area (Å²) in [6.45, 7) is 0.414. The van der Waals surface area contributed by atoms with Gasteiger partial charge in [0, 0.05) is 12.6 Å². The highest BCUT2D eigenvalue weighted by molar-refractivity contribution is 5.66. The normalized spacial score (nSPS) is 13.4. The molecule has 1 aromatic rings. The third-order valence-electron chi connectivity index (χ3n) is 2.24. The second-order valence-electron chi connectivity index (χ2n) is 3.18. The van der Waals surface area contributed by atoms with Crippen molar-refractivity contribution >= 4 is 6.08 Å². The summed E-state index contributed by atoms with van der Waals surface area (Å²) in [6.07, 6.45) is 3.20. The maximum absolute atomic E-state index is 13.9. The SMILES string of the molecule is COc1cc2c(c(/C=C/CN)c1F)OCO2. The smallest absolute Gasteiger partial charge is 0.231 e. The lowest BCUT2D eigenvalue weighted by Crippen LogP contribution is -1.96. The molecule has 0 radical (unpaired) electrons. The molecule has 0 aromatic heterocycles. The van der Waals surface area contributed by atoms with Crippen molar-refractivity contribution in [3.8, 4) is 17.2 Å². The van der Waals surface area contributed by atoms with E-state index in [0.717, 1.165) is 0 Å². The van der Waals surface area contributed by atoms with Gasteiger partial charge in [-0.3, -0.25) is 0 Å². The molecule has 0 bridgehead atoms. The molecular weight excluding hydrogens is 213 g/mol. The largest absolute Gasteiger partial charge is 0.494 e. The highest BCUT2D eigenvalue weighted by atomic mass is 19.1. The third kappa shape index (κ3) is 1.69. The van der Waals surface area contributed by atoms with Crippen LogP contribution in [0.5, 0.6) is 17.2 Å². The molecule has 1 aliphatic rings. The number of methoxy groups -OCH3 is 1. The molecule has 86 valence electrons. The fraction of sp³-hybridized carbons (Fsp3) is 0.273. The Hall–Kier alpha value is -1.75. The molecule has 2 rings (SSSR count). The van der Waals surface area contributed by atoms with Crippen LogP contribution in [0.25, 0.3) is 6.08 Å².